The van der Waals surface area contributed by atoms with Crippen LogP contribution in [0, 0.1) is 6.92 Å². The molecule has 2 aromatic rings. The van der Waals surface area contributed by atoms with Crippen LogP contribution in [-0.4, -0.2) is 27.1 Å². The molecule has 2 heterocycles. The van der Waals surface area contributed by atoms with Crippen molar-refractivity contribution in [3.05, 3.63) is 40.1 Å². The monoisotopic (exact) mass is 306 g/mol. The summed E-state index contributed by atoms with van der Waals surface area (Å²) in [5, 5.41) is 16.9. The van der Waals surface area contributed by atoms with Gasteiger partial charge in [-0.15, -0.1) is 11.3 Å². The highest BCUT2D eigenvalue weighted by molar-refractivity contribution is 7.09. The van der Waals surface area contributed by atoms with Crippen molar-refractivity contribution < 1.29 is 14.7 Å². The van der Waals surface area contributed by atoms with E-state index in [9.17, 15) is 9.59 Å². The van der Waals surface area contributed by atoms with Gasteiger partial charge in [-0.25, -0.2) is 19.6 Å². The SMILES string of the molecule is Cc1csc(C(C)NC(=O)Nc2cccnc2C(=O)O)n1. The van der Waals surface area contributed by atoms with Gasteiger partial charge in [0.2, 0.25) is 0 Å². The van der Waals surface area contributed by atoms with Crippen LogP contribution < -0.4 is 10.6 Å². The molecule has 110 valence electrons. The minimum Gasteiger partial charge on any atom is -0.476 e. The molecule has 7 nitrogen and oxygen atoms in total. The van der Waals surface area contributed by atoms with Crippen LogP contribution in [0.4, 0.5) is 10.5 Å². The summed E-state index contributed by atoms with van der Waals surface area (Å²) < 4.78 is 0. The molecule has 0 spiro atoms. The number of carbonyl (C=O) groups excluding carboxylic acids is 1. The maximum Gasteiger partial charge on any atom is 0.356 e. The van der Waals surface area contributed by atoms with Gasteiger partial charge in [0.1, 0.15) is 5.01 Å². The van der Waals surface area contributed by atoms with Crippen molar-refractivity contribution in [3.8, 4) is 0 Å². The number of aromatic carboxylic acids is 1. The summed E-state index contributed by atoms with van der Waals surface area (Å²) in [6.45, 7) is 3.68. The van der Waals surface area contributed by atoms with Crippen LogP contribution in [-0.2, 0) is 0 Å². The number of pyridine rings is 1. The van der Waals surface area contributed by atoms with Crippen molar-refractivity contribution >= 4 is 29.0 Å². The number of nitrogens with one attached hydrogen (secondary N) is 2. The molecule has 2 amide bonds. The molecule has 0 saturated carbocycles. The Morgan fingerprint density at radius 1 is 1.43 bits per heavy atom. The van der Waals surface area contributed by atoms with Gasteiger partial charge in [0, 0.05) is 17.3 Å². The minimum absolute atomic E-state index is 0.144. The second-order valence-electron chi connectivity index (χ2n) is 4.35. The molecule has 2 aromatic heterocycles. The third-order valence-corrected chi connectivity index (χ3v) is 3.76. The Hall–Kier alpha value is -2.48. The van der Waals surface area contributed by atoms with Crippen LogP contribution in [0.1, 0.15) is 34.2 Å². The van der Waals surface area contributed by atoms with E-state index in [2.05, 4.69) is 20.6 Å². The zero-order valence-corrected chi connectivity index (χ0v) is 12.3. The lowest BCUT2D eigenvalue weighted by Gasteiger charge is -2.13. The number of hydrogen-bond donors (Lipinski definition) is 3. The fourth-order valence-corrected chi connectivity index (χ4v) is 2.47. The van der Waals surface area contributed by atoms with Gasteiger partial charge in [-0.1, -0.05) is 0 Å². The molecule has 21 heavy (non-hydrogen) atoms. The molecule has 0 bridgehead atoms. The first-order valence-corrected chi connectivity index (χ1v) is 7.03. The van der Waals surface area contributed by atoms with Crippen LogP contribution in [0.15, 0.2) is 23.7 Å². The van der Waals surface area contributed by atoms with E-state index in [4.69, 9.17) is 5.11 Å². The number of nitrogens with zero attached hydrogens (tertiary/aromatic N) is 2. The molecule has 0 aliphatic carbocycles. The van der Waals surface area contributed by atoms with Gasteiger partial charge in [0.05, 0.1) is 11.7 Å². The fraction of sp³-hybridized carbons (Fsp3) is 0.231. The van der Waals surface area contributed by atoms with Gasteiger partial charge in [0.25, 0.3) is 0 Å². The number of carboxylic acids is 1. The third kappa shape index (κ3) is 3.76. The van der Waals surface area contributed by atoms with E-state index >= 15 is 0 Å². The number of aryl methyl sites for hydroxylation is 1. The van der Waals surface area contributed by atoms with Crippen molar-refractivity contribution in [3.63, 3.8) is 0 Å². The highest BCUT2D eigenvalue weighted by atomic mass is 32.1. The molecule has 0 aliphatic rings. The predicted octanol–water partition coefficient (Wildman–Crippen LogP) is 2.43. The van der Waals surface area contributed by atoms with E-state index in [1.54, 1.807) is 13.0 Å². The second kappa shape index (κ2) is 6.31. The number of rotatable bonds is 4. The van der Waals surface area contributed by atoms with E-state index < -0.39 is 12.0 Å². The molecule has 0 saturated heterocycles. The molecular formula is C13H14N4O3S. The van der Waals surface area contributed by atoms with Crippen molar-refractivity contribution in [1.29, 1.82) is 0 Å². The number of urea groups is 1. The van der Waals surface area contributed by atoms with Gasteiger partial charge in [0.15, 0.2) is 5.69 Å². The summed E-state index contributed by atoms with van der Waals surface area (Å²) in [6.07, 6.45) is 1.35. The van der Waals surface area contributed by atoms with Crippen LogP contribution in [0.25, 0.3) is 0 Å². The Bertz CT molecular complexity index is 671. The number of hydrogen-bond acceptors (Lipinski definition) is 5. The van der Waals surface area contributed by atoms with E-state index in [-0.39, 0.29) is 17.4 Å². The largest absolute Gasteiger partial charge is 0.476 e. The van der Waals surface area contributed by atoms with Gasteiger partial charge >= 0.3 is 12.0 Å². The van der Waals surface area contributed by atoms with Gasteiger partial charge in [-0.3, -0.25) is 0 Å². The molecule has 3 N–H and O–H groups in total. The molecule has 0 fully saturated rings. The van der Waals surface area contributed by atoms with Crippen molar-refractivity contribution in [1.82, 2.24) is 15.3 Å². The van der Waals surface area contributed by atoms with E-state index in [0.29, 0.717) is 0 Å². The molecule has 0 radical (unpaired) electrons. The fourth-order valence-electron chi connectivity index (χ4n) is 1.66. The number of carboxylic acid groups (broad SMARTS) is 1. The van der Waals surface area contributed by atoms with Crippen LogP contribution in [0.3, 0.4) is 0 Å². The summed E-state index contributed by atoms with van der Waals surface area (Å²) in [4.78, 5) is 30.9. The normalized spacial score (nSPS) is 11.7. The maximum atomic E-state index is 11.9. The molecule has 1 atom stereocenters. The number of anilines is 1. The van der Waals surface area contributed by atoms with Crippen molar-refractivity contribution in [2.24, 2.45) is 0 Å². The number of carbonyl (C=O) groups is 2. The number of amides is 2. The Kier molecular flexibility index (Phi) is 4.49. The van der Waals surface area contributed by atoms with Crippen molar-refractivity contribution in [2.45, 2.75) is 19.9 Å². The number of thiazole rings is 1. The molecular weight excluding hydrogens is 292 g/mol. The van der Waals surface area contributed by atoms with E-state index in [0.717, 1.165) is 10.7 Å². The van der Waals surface area contributed by atoms with Crippen LogP contribution in [0.2, 0.25) is 0 Å². The summed E-state index contributed by atoms with van der Waals surface area (Å²) in [5.41, 5.74) is 0.833. The number of aromatic nitrogens is 2. The first kappa shape index (κ1) is 14.9. The summed E-state index contributed by atoms with van der Waals surface area (Å²) >= 11 is 1.45. The molecule has 1 unspecified atom stereocenters. The average Bonchev–Trinajstić information content (AvgIpc) is 2.85. The third-order valence-electron chi connectivity index (χ3n) is 2.61. The maximum absolute atomic E-state index is 11.9. The molecule has 8 heteroatoms. The smallest absolute Gasteiger partial charge is 0.356 e. The lowest BCUT2D eigenvalue weighted by atomic mass is 10.3. The highest BCUT2D eigenvalue weighted by Crippen LogP contribution is 2.18. The Balaban J connectivity index is 2.04. The van der Waals surface area contributed by atoms with Gasteiger partial charge in [-0.05, 0) is 26.0 Å². The zero-order chi connectivity index (χ0) is 15.4. The predicted molar refractivity (Wildman–Crippen MR) is 78.6 cm³/mol. The average molecular weight is 306 g/mol. The topological polar surface area (TPSA) is 104 Å². The molecule has 2 rings (SSSR count). The summed E-state index contributed by atoms with van der Waals surface area (Å²) in [7, 11) is 0. The lowest BCUT2D eigenvalue weighted by molar-refractivity contribution is 0.0691. The van der Waals surface area contributed by atoms with Crippen molar-refractivity contribution in [2.75, 3.05) is 5.32 Å². The first-order valence-electron chi connectivity index (χ1n) is 6.15. The second-order valence-corrected chi connectivity index (χ2v) is 5.24. The Morgan fingerprint density at radius 2 is 2.19 bits per heavy atom. The standard InChI is InChI=1S/C13H14N4O3S/c1-7-6-21-11(15-7)8(2)16-13(20)17-9-4-3-5-14-10(9)12(18)19/h3-6,8H,1-2H3,(H,18,19)(H2,16,17,20). The quantitative estimate of drug-likeness (QED) is 0.804. The van der Waals surface area contributed by atoms with Gasteiger partial charge < -0.3 is 15.7 Å². The molecule has 0 aromatic carbocycles. The minimum atomic E-state index is -1.20. The van der Waals surface area contributed by atoms with E-state index in [1.165, 1.54) is 23.6 Å². The van der Waals surface area contributed by atoms with Gasteiger partial charge in [-0.2, -0.15) is 0 Å². The summed E-state index contributed by atoms with van der Waals surface area (Å²) in [5.74, 6) is -1.20. The Labute approximate surface area is 125 Å². The summed E-state index contributed by atoms with van der Waals surface area (Å²) in [6, 6.07) is 2.25. The van der Waals surface area contributed by atoms with E-state index in [1.807, 2.05) is 12.3 Å². The Morgan fingerprint density at radius 3 is 2.81 bits per heavy atom. The lowest BCUT2D eigenvalue weighted by Crippen LogP contribution is -2.31. The highest BCUT2D eigenvalue weighted by Gasteiger charge is 2.16. The van der Waals surface area contributed by atoms with Crippen LogP contribution >= 0.6 is 11.3 Å². The first-order chi connectivity index (χ1) is 9.97. The van der Waals surface area contributed by atoms with Crippen LogP contribution in [0.5, 0.6) is 0 Å². The molecule has 0 aliphatic heterocycles. The zero-order valence-electron chi connectivity index (χ0n) is 11.5.